The minimum Gasteiger partial charge on any atom is -0.324 e. The molecule has 0 fully saturated rings. The van der Waals surface area contributed by atoms with Gasteiger partial charge >= 0.3 is 6.18 Å². The van der Waals surface area contributed by atoms with E-state index in [1.807, 2.05) is 6.07 Å². The lowest BCUT2D eigenvalue weighted by Gasteiger charge is -2.13. The second kappa shape index (κ2) is 4.59. The minimum atomic E-state index is -4.38. The van der Waals surface area contributed by atoms with Gasteiger partial charge in [-0.05, 0) is 35.6 Å². The molecule has 1 aromatic heterocycles. The Bertz CT molecular complexity index is 650. The van der Waals surface area contributed by atoms with E-state index in [0.717, 1.165) is 36.2 Å². The number of alkyl halides is 3. The van der Waals surface area contributed by atoms with E-state index in [4.69, 9.17) is 5.73 Å². The molecule has 5 heteroatoms. The maximum atomic E-state index is 13.0. The topological polar surface area (TPSA) is 38.9 Å². The maximum absolute atomic E-state index is 13.0. The molecule has 0 saturated carbocycles. The van der Waals surface area contributed by atoms with Crippen molar-refractivity contribution in [3.63, 3.8) is 0 Å². The summed E-state index contributed by atoms with van der Waals surface area (Å²) >= 11 is 0. The molecule has 1 aromatic carbocycles. The first-order valence-corrected chi connectivity index (χ1v) is 6.37. The molecule has 0 spiro atoms. The van der Waals surface area contributed by atoms with Crippen molar-refractivity contribution in [1.82, 2.24) is 4.98 Å². The summed E-state index contributed by atoms with van der Waals surface area (Å²) in [7, 11) is 0. The molecule has 0 aliphatic heterocycles. The number of fused-ring (bicyclic) bond motifs is 1. The van der Waals surface area contributed by atoms with Crippen molar-refractivity contribution < 1.29 is 13.2 Å². The Morgan fingerprint density at radius 1 is 1.20 bits per heavy atom. The fourth-order valence-electron chi connectivity index (χ4n) is 2.69. The number of nitrogens with zero attached hydrogens (tertiary/aromatic N) is 1. The Morgan fingerprint density at radius 2 is 2.00 bits per heavy atom. The van der Waals surface area contributed by atoms with Gasteiger partial charge in [-0.25, -0.2) is 0 Å². The zero-order valence-electron chi connectivity index (χ0n) is 10.6. The second-order valence-corrected chi connectivity index (χ2v) is 4.98. The summed E-state index contributed by atoms with van der Waals surface area (Å²) in [5.41, 5.74) is 8.01. The van der Waals surface area contributed by atoms with Gasteiger partial charge in [0.1, 0.15) is 0 Å². The molecule has 0 bridgehead atoms. The van der Waals surface area contributed by atoms with Gasteiger partial charge in [-0.1, -0.05) is 18.2 Å². The van der Waals surface area contributed by atoms with E-state index in [0.29, 0.717) is 5.56 Å². The van der Waals surface area contributed by atoms with Crippen molar-refractivity contribution in [2.45, 2.75) is 25.1 Å². The van der Waals surface area contributed by atoms with Crippen LogP contribution in [-0.4, -0.2) is 4.98 Å². The number of benzene rings is 1. The molecular weight excluding hydrogens is 265 g/mol. The first-order valence-electron chi connectivity index (χ1n) is 6.37. The molecule has 0 radical (unpaired) electrons. The molecule has 0 saturated heterocycles. The molecule has 2 nitrogen and oxygen atoms in total. The first kappa shape index (κ1) is 13.1. The summed E-state index contributed by atoms with van der Waals surface area (Å²) in [6.07, 6.45) is -0.299. The highest BCUT2D eigenvalue weighted by atomic mass is 19.4. The van der Waals surface area contributed by atoms with Gasteiger partial charge in [0.25, 0.3) is 0 Å². The van der Waals surface area contributed by atoms with Crippen molar-refractivity contribution in [3.8, 4) is 11.1 Å². The smallest absolute Gasteiger partial charge is 0.324 e. The molecule has 2 aromatic rings. The summed E-state index contributed by atoms with van der Waals surface area (Å²) in [4.78, 5) is 3.82. The lowest BCUT2D eigenvalue weighted by Crippen LogP contribution is -2.08. The van der Waals surface area contributed by atoms with Crippen LogP contribution in [0.5, 0.6) is 0 Å². The average Bonchev–Trinajstić information content (AvgIpc) is 2.79. The molecule has 3 rings (SSSR count). The van der Waals surface area contributed by atoms with E-state index in [1.54, 1.807) is 12.1 Å². The number of nitrogens with two attached hydrogens (primary N) is 1. The third-order valence-electron chi connectivity index (χ3n) is 3.70. The van der Waals surface area contributed by atoms with E-state index in [9.17, 15) is 13.2 Å². The van der Waals surface area contributed by atoms with Crippen LogP contribution in [0, 0.1) is 0 Å². The van der Waals surface area contributed by atoms with Gasteiger partial charge in [-0.15, -0.1) is 0 Å². The fourth-order valence-corrected chi connectivity index (χ4v) is 2.69. The van der Waals surface area contributed by atoms with Crippen LogP contribution in [0.3, 0.4) is 0 Å². The Kier molecular flexibility index (Phi) is 3.01. The van der Waals surface area contributed by atoms with Crippen molar-refractivity contribution in [2.75, 3.05) is 0 Å². The van der Waals surface area contributed by atoms with E-state index in [2.05, 4.69) is 4.98 Å². The maximum Gasteiger partial charge on any atom is 0.417 e. The van der Waals surface area contributed by atoms with Gasteiger partial charge in [0.2, 0.25) is 0 Å². The number of halogens is 3. The Morgan fingerprint density at radius 3 is 2.75 bits per heavy atom. The Balaban J connectivity index is 2.11. The predicted octanol–water partition coefficient (Wildman–Crippen LogP) is 3.71. The van der Waals surface area contributed by atoms with Gasteiger partial charge in [-0.2, -0.15) is 13.2 Å². The number of pyridine rings is 1. The number of rotatable bonds is 1. The number of aryl methyl sites for hydroxylation is 1. The molecule has 1 aliphatic rings. The monoisotopic (exact) mass is 278 g/mol. The summed E-state index contributed by atoms with van der Waals surface area (Å²) in [6.45, 7) is 0. The zero-order chi connectivity index (χ0) is 14.3. The van der Waals surface area contributed by atoms with Gasteiger partial charge in [0.05, 0.1) is 5.56 Å². The van der Waals surface area contributed by atoms with Crippen LogP contribution < -0.4 is 5.73 Å². The van der Waals surface area contributed by atoms with Gasteiger partial charge in [0.15, 0.2) is 0 Å². The number of hydrogen-bond acceptors (Lipinski definition) is 2. The molecule has 2 N–H and O–H groups in total. The molecule has 1 heterocycles. The van der Waals surface area contributed by atoms with Crippen molar-refractivity contribution in [1.29, 1.82) is 0 Å². The predicted molar refractivity (Wildman–Crippen MR) is 69.9 cm³/mol. The molecule has 0 amide bonds. The highest BCUT2D eigenvalue weighted by molar-refractivity contribution is 5.68. The van der Waals surface area contributed by atoms with E-state index >= 15 is 0 Å². The lowest BCUT2D eigenvalue weighted by atomic mass is 9.97. The molecule has 104 valence electrons. The third-order valence-corrected chi connectivity index (χ3v) is 3.70. The highest BCUT2D eigenvalue weighted by Gasteiger charge is 2.33. The van der Waals surface area contributed by atoms with Gasteiger partial charge in [0, 0.05) is 24.0 Å². The average molecular weight is 278 g/mol. The summed E-state index contributed by atoms with van der Waals surface area (Å²) in [5, 5.41) is 0. The van der Waals surface area contributed by atoms with Crippen molar-refractivity contribution in [3.05, 3.63) is 53.3 Å². The summed E-state index contributed by atoms with van der Waals surface area (Å²) < 4.78 is 39.1. The van der Waals surface area contributed by atoms with Crippen LogP contribution in [0.1, 0.15) is 29.2 Å². The molecule has 20 heavy (non-hydrogen) atoms. The normalized spacial score (nSPS) is 18.1. The van der Waals surface area contributed by atoms with Crippen molar-refractivity contribution in [2.24, 2.45) is 5.73 Å². The molecule has 1 aliphatic carbocycles. The fraction of sp³-hybridized carbons (Fsp3) is 0.267. The number of aromatic nitrogens is 1. The Labute approximate surface area is 114 Å². The van der Waals surface area contributed by atoms with Crippen LogP contribution in [0.15, 0.2) is 36.7 Å². The van der Waals surface area contributed by atoms with E-state index < -0.39 is 11.7 Å². The van der Waals surface area contributed by atoms with E-state index in [-0.39, 0.29) is 11.6 Å². The van der Waals surface area contributed by atoms with E-state index in [1.165, 1.54) is 6.20 Å². The summed E-state index contributed by atoms with van der Waals surface area (Å²) in [6, 6.07) is 6.32. The second-order valence-electron chi connectivity index (χ2n) is 4.98. The quantitative estimate of drug-likeness (QED) is 0.863. The van der Waals surface area contributed by atoms with Gasteiger partial charge in [-0.3, -0.25) is 4.98 Å². The summed E-state index contributed by atoms with van der Waals surface area (Å²) in [5.74, 6) is 0. The minimum absolute atomic E-state index is 0.00460. The van der Waals surface area contributed by atoms with Gasteiger partial charge < -0.3 is 5.73 Å². The molecular formula is C15H13F3N2. The number of hydrogen-bond donors (Lipinski definition) is 1. The largest absolute Gasteiger partial charge is 0.417 e. The Hall–Kier alpha value is -1.88. The highest BCUT2D eigenvalue weighted by Crippen LogP contribution is 2.38. The SMILES string of the molecule is NC1CCc2cc(-c3cnccc3C(F)(F)F)ccc21. The van der Waals surface area contributed by atoms with Crippen LogP contribution >= 0.6 is 0 Å². The lowest BCUT2D eigenvalue weighted by molar-refractivity contribution is -0.137. The van der Waals surface area contributed by atoms with Crippen molar-refractivity contribution >= 4 is 0 Å². The molecule has 1 unspecified atom stereocenters. The van der Waals surface area contributed by atoms with Crippen LogP contribution in [-0.2, 0) is 12.6 Å². The zero-order valence-corrected chi connectivity index (χ0v) is 10.6. The van der Waals surface area contributed by atoms with Crippen LogP contribution in [0.4, 0.5) is 13.2 Å². The standard InChI is InChI=1S/C15H13F3N2/c16-15(17,18)13-5-6-20-8-12(13)10-1-3-11-9(7-10)2-4-14(11)19/h1,3,5-8,14H,2,4,19H2. The van der Waals surface area contributed by atoms with Crippen LogP contribution in [0.25, 0.3) is 11.1 Å². The van der Waals surface area contributed by atoms with Crippen LogP contribution in [0.2, 0.25) is 0 Å². The molecule has 1 atom stereocenters. The first-order chi connectivity index (χ1) is 9.47. The third kappa shape index (κ3) is 2.18.